The van der Waals surface area contributed by atoms with Crippen molar-refractivity contribution in [3.63, 3.8) is 0 Å². The smallest absolute Gasteiger partial charge is 0.223 e. The Bertz CT molecular complexity index is 363. The number of ether oxygens (including phenoxy) is 1. The van der Waals surface area contributed by atoms with Crippen LogP contribution in [0.4, 0.5) is 0 Å². The first-order valence-corrected chi connectivity index (χ1v) is 6.58. The van der Waals surface area contributed by atoms with Gasteiger partial charge in [0.25, 0.3) is 0 Å². The number of nitrogens with one attached hydrogen (secondary N) is 1. The van der Waals surface area contributed by atoms with Gasteiger partial charge >= 0.3 is 0 Å². The molecule has 0 aromatic carbocycles. The van der Waals surface area contributed by atoms with E-state index in [1.165, 1.54) is 6.92 Å². The highest BCUT2D eigenvalue weighted by Crippen LogP contribution is 2.01. The lowest BCUT2D eigenvalue weighted by Gasteiger charge is -2.16. The third kappa shape index (κ3) is 7.81. The monoisotopic (exact) mass is 285 g/mol. The van der Waals surface area contributed by atoms with Crippen LogP contribution in [0.25, 0.3) is 0 Å². The van der Waals surface area contributed by atoms with E-state index in [9.17, 15) is 14.4 Å². The standard InChI is InChI=1S/C14H23NO5/c1-10(2)14(19)15-12(13(18)11(3)17)6-4-5-8-20-9-7-16/h4-5,10,12,16H,6-9H2,1-3H3,(H,15,19)/b5-4-. The number of aliphatic hydroxyl groups excluding tert-OH is 1. The van der Waals surface area contributed by atoms with Gasteiger partial charge in [0.2, 0.25) is 11.7 Å². The normalized spacial score (nSPS) is 12.7. The van der Waals surface area contributed by atoms with Gasteiger partial charge < -0.3 is 15.2 Å². The van der Waals surface area contributed by atoms with Crippen molar-refractivity contribution in [3.8, 4) is 0 Å². The molecule has 0 fully saturated rings. The van der Waals surface area contributed by atoms with Crippen LogP contribution >= 0.6 is 0 Å². The first-order valence-electron chi connectivity index (χ1n) is 6.58. The maximum atomic E-state index is 11.7. The van der Waals surface area contributed by atoms with Crippen LogP contribution < -0.4 is 5.32 Å². The first-order chi connectivity index (χ1) is 9.40. The summed E-state index contributed by atoms with van der Waals surface area (Å²) in [6.07, 6.45) is 3.58. The Kier molecular flexibility index (Phi) is 9.49. The van der Waals surface area contributed by atoms with Crippen molar-refractivity contribution in [2.24, 2.45) is 5.92 Å². The summed E-state index contributed by atoms with van der Waals surface area (Å²) in [4.78, 5) is 34.4. The third-order valence-corrected chi connectivity index (χ3v) is 2.49. The van der Waals surface area contributed by atoms with Crippen LogP contribution in [0.5, 0.6) is 0 Å². The minimum atomic E-state index is -0.837. The van der Waals surface area contributed by atoms with Gasteiger partial charge in [-0.1, -0.05) is 26.0 Å². The van der Waals surface area contributed by atoms with Crippen molar-refractivity contribution in [3.05, 3.63) is 12.2 Å². The number of ketones is 2. The zero-order chi connectivity index (χ0) is 15.5. The number of hydrogen-bond acceptors (Lipinski definition) is 5. The van der Waals surface area contributed by atoms with Crippen molar-refractivity contribution in [1.82, 2.24) is 5.32 Å². The molecule has 20 heavy (non-hydrogen) atoms. The molecule has 0 saturated carbocycles. The SMILES string of the molecule is CC(=O)C(=O)C(C/C=C\COCCO)NC(=O)C(C)C. The molecule has 0 aromatic heterocycles. The number of Topliss-reactive ketones (excluding diaryl/α,β-unsaturated/α-hetero) is 2. The van der Waals surface area contributed by atoms with Gasteiger partial charge in [0.1, 0.15) is 0 Å². The molecule has 114 valence electrons. The van der Waals surface area contributed by atoms with Gasteiger partial charge in [-0.05, 0) is 6.42 Å². The summed E-state index contributed by atoms with van der Waals surface area (Å²) in [7, 11) is 0. The van der Waals surface area contributed by atoms with Gasteiger partial charge in [0.15, 0.2) is 5.78 Å². The highest BCUT2D eigenvalue weighted by Gasteiger charge is 2.23. The molecule has 0 aromatic rings. The zero-order valence-electron chi connectivity index (χ0n) is 12.2. The van der Waals surface area contributed by atoms with E-state index in [1.807, 2.05) is 0 Å². The van der Waals surface area contributed by atoms with Crippen LogP contribution in [0, 0.1) is 5.92 Å². The maximum absolute atomic E-state index is 11.7. The van der Waals surface area contributed by atoms with Crippen molar-refractivity contribution < 1.29 is 24.2 Å². The highest BCUT2D eigenvalue weighted by molar-refractivity contribution is 6.38. The van der Waals surface area contributed by atoms with Crippen LogP contribution in [0.15, 0.2) is 12.2 Å². The summed E-state index contributed by atoms with van der Waals surface area (Å²) in [6, 6.07) is -0.837. The van der Waals surface area contributed by atoms with Crippen LogP contribution in [0.3, 0.4) is 0 Å². The molecule has 1 amide bonds. The van der Waals surface area contributed by atoms with Crippen LogP contribution in [0.2, 0.25) is 0 Å². The van der Waals surface area contributed by atoms with Gasteiger partial charge in [-0.15, -0.1) is 0 Å². The Morgan fingerprint density at radius 3 is 2.40 bits per heavy atom. The molecule has 1 unspecified atom stereocenters. The van der Waals surface area contributed by atoms with E-state index < -0.39 is 17.6 Å². The van der Waals surface area contributed by atoms with Crippen LogP contribution in [-0.2, 0) is 19.1 Å². The number of amides is 1. The Morgan fingerprint density at radius 2 is 1.90 bits per heavy atom. The molecule has 0 aliphatic rings. The molecule has 6 nitrogen and oxygen atoms in total. The molecule has 0 saturated heterocycles. The van der Waals surface area contributed by atoms with Crippen LogP contribution in [-0.4, -0.2) is 48.4 Å². The molecule has 2 N–H and O–H groups in total. The van der Waals surface area contributed by atoms with Gasteiger partial charge in [-0.3, -0.25) is 14.4 Å². The van der Waals surface area contributed by atoms with E-state index in [1.54, 1.807) is 26.0 Å². The van der Waals surface area contributed by atoms with Crippen molar-refractivity contribution in [2.45, 2.75) is 33.2 Å². The van der Waals surface area contributed by atoms with Crippen LogP contribution in [0.1, 0.15) is 27.2 Å². The fourth-order valence-corrected chi connectivity index (χ4v) is 1.33. The van der Waals surface area contributed by atoms with Gasteiger partial charge in [-0.2, -0.15) is 0 Å². The second-order valence-electron chi connectivity index (χ2n) is 4.64. The summed E-state index contributed by atoms with van der Waals surface area (Å²) in [5.74, 6) is -1.72. The lowest BCUT2D eigenvalue weighted by molar-refractivity contribution is -0.138. The third-order valence-electron chi connectivity index (χ3n) is 2.49. The maximum Gasteiger partial charge on any atom is 0.223 e. The first kappa shape index (κ1) is 18.5. The van der Waals surface area contributed by atoms with E-state index in [0.717, 1.165) is 0 Å². The van der Waals surface area contributed by atoms with E-state index in [0.29, 0.717) is 6.61 Å². The second kappa shape index (κ2) is 10.3. The lowest BCUT2D eigenvalue weighted by atomic mass is 10.0. The largest absolute Gasteiger partial charge is 0.394 e. The fourth-order valence-electron chi connectivity index (χ4n) is 1.33. The van der Waals surface area contributed by atoms with Gasteiger partial charge in [0.05, 0.1) is 25.9 Å². The topological polar surface area (TPSA) is 92.7 Å². The summed E-state index contributed by atoms with van der Waals surface area (Å²) in [5.41, 5.74) is 0. The summed E-state index contributed by atoms with van der Waals surface area (Å²) < 4.78 is 5.02. The van der Waals surface area contributed by atoms with Crippen molar-refractivity contribution in [2.75, 3.05) is 19.8 Å². The number of aliphatic hydroxyl groups is 1. The Labute approximate surface area is 119 Å². The average Bonchev–Trinajstić information content (AvgIpc) is 2.39. The van der Waals surface area contributed by atoms with E-state index in [2.05, 4.69) is 5.32 Å². The Balaban J connectivity index is 4.43. The second-order valence-corrected chi connectivity index (χ2v) is 4.64. The molecular formula is C14H23NO5. The van der Waals surface area contributed by atoms with Gasteiger partial charge in [-0.25, -0.2) is 0 Å². The quantitative estimate of drug-likeness (QED) is 0.341. The molecule has 1 atom stereocenters. The molecule has 0 bridgehead atoms. The minimum absolute atomic E-state index is 0.0519. The summed E-state index contributed by atoms with van der Waals surface area (Å²) >= 11 is 0. The van der Waals surface area contributed by atoms with E-state index in [-0.39, 0.29) is 31.5 Å². The molecule has 0 aliphatic carbocycles. The van der Waals surface area contributed by atoms with E-state index in [4.69, 9.17) is 9.84 Å². The molecule has 0 aliphatic heterocycles. The fraction of sp³-hybridized carbons (Fsp3) is 0.643. The molecule has 0 rings (SSSR count). The molecule has 6 heteroatoms. The Hall–Kier alpha value is -1.53. The zero-order valence-corrected chi connectivity index (χ0v) is 12.2. The average molecular weight is 285 g/mol. The Morgan fingerprint density at radius 1 is 1.25 bits per heavy atom. The minimum Gasteiger partial charge on any atom is -0.394 e. The molecule has 0 radical (unpaired) electrons. The van der Waals surface area contributed by atoms with E-state index >= 15 is 0 Å². The highest BCUT2D eigenvalue weighted by atomic mass is 16.5. The number of rotatable bonds is 10. The molecule has 0 spiro atoms. The predicted molar refractivity (Wildman–Crippen MR) is 74.1 cm³/mol. The summed E-state index contributed by atoms with van der Waals surface area (Å²) in [5, 5.41) is 11.1. The predicted octanol–water partition coefficient (Wildman–Crippen LogP) is 0.240. The van der Waals surface area contributed by atoms with Crippen molar-refractivity contribution in [1.29, 1.82) is 0 Å². The molecule has 0 heterocycles. The number of hydrogen-bond donors (Lipinski definition) is 2. The van der Waals surface area contributed by atoms with Crippen molar-refractivity contribution >= 4 is 17.5 Å². The number of carbonyl (C=O) groups is 3. The molecular weight excluding hydrogens is 262 g/mol. The summed E-state index contributed by atoms with van der Waals surface area (Å²) in [6.45, 7) is 5.10. The lowest BCUT2D eigenvalue weighted by Crippen LogP contribution is -2.44. The number of carbonyl (C=O) groups excluding carboxylic acids is 3. The van der Waals surface area contributed by atoms with Gasteiger partial charge in [0, 0.05) is 12.8 Å².